The Morgan fingerprint density at radius 2 is 1.88 bits per heavy atom. The molecule has 0 aliphatic heterocycles. The number of carboxylic acids is 1. The summed E-state index contributed by atoms with van der Waals surface area (Å²) in [6, 6.07) is 0. The normalized spacial score (nSPS) is 11.8. The molecule has 0 aromatic heterocycles. The Labute approximate surface area is 141 Å². The van der Waals surface area contributed by atoms with Gasteiger partial charge in [0.15, 0.2) is 0 Å². The largest absolute Gasteiger partial charge is 1.00 e. The standard InChI is InChI=1S/C10H20O3.CH2O.K/c1-5-8(9(11)12)6-10(2,3)7-13-4;1-2;/h8H,5-7H2,1-4H3,(H,11,12);1H2;/q;;+1/p-1. The van der Waals surface area contributed by atoms with Gasteiger partial charge < -0.3 is 19.4 Å². The fourth-order valence-electron chi connectivity index (χ4n) is 1.51. The van der Waals surface area contributed by atoms with Gasteiger partial charge in [0, 0.05) is 13.1 Å². The van der Waals surface area contributed by atoms with Crippen molar-refractivity contribution in [2.75, 3.05) is 13.7 Å². The number of methoxy groups -OCH3 is 1. The summed E-state index contributed by atoms with van der Waals surface area (Å²) < 4.78 is 5.02. The number of hydrogen-bond donors (Lipinski definition) is 0. The molecule has 0 fully saturated rings. The monoisotopic (exact) mass is 256 g/mol. The van der Waals surface area contributed by atoms with E-state index in [9.17, 15) is 9.90 Å². The molecule has 0 aliphatic rings. The van der Waals surface area contributed by atoms with E-state index in [0.29, 0.717) is 19.4 Å². The Kier molecular flexibility index (Phi) is 16.7. The zero-order valence-corrected chi connectivity index (χ0v) is 14.2. The summed E-state index contributed by atoms with van der Waals surface area (Å²) in [5, 5.41) is 10.7. The minimum absolute atomic E-state index is 0. The van der Waals surface area contributed by atoms with Gasteiger partial charge in [-0.15, -0.1) is 0 Å². The first-order chi connectivity index (χ1) is 6.93. The molecular formula is C11H21KO4. The van der Waals surface area contributed by atoms with Gasteiger partial charge in [-0.3, -0.25) is 0 Å². The van der Waals surface area contributed by atoms with E-state index in [2.05, 4.69) is 0 Å². The molecule has 0 spiro atoms. The fourth-order valence-corrected chi connectivity index (χ4v) is 1.51. The fraction of sp³-hybridized carbons (Fsp3) is 0.818. The van der Waals surface area contributed by atoms with Crippen molar-refractivity contribution >= 4 is 12.8 Å². The maximum Gasteiger partial charge on any atom is 1.00 e. The zero-order chi connectivity index (χ0) is 12.5. The molecule has 0 aromatic rings. The molecule has 0 saturated heterocycles. The van der Waals surface area contributed by atoms with Gasteiger partial charge in [-0.05, 0) is 24.2 Å². The number of rotatable bonds is 6. The summed E-state index contributed by atoms with van der Waals surface area (Å²) in [5.41, 5.74) is -0.0878. The quantitative estimate of drug-likeness (QED) is 0.499. The van der Waals surface area contributed by atoms with Gasteiger partial charge >= 0.3 is 51.4 Å². The third-order valence-corrected chi connectivity index (χ3v) is 2.16. The minimum Gasteiger partial charge on any atom is -0.550 e. The summed E-state index contributed by atoms with van der Waals surface area (Å²) in [5.74, 6) is -1.31. The molecule has 0 N–H and O–H groups in total. The van der Waals surface area contributed by atoms with Crippen molar-refractivity contribution in [3.05, 3.63) is 0 Å². The second-order valence-corrected chi connectivity index (χ2v) is 4.23. The molecule has 5 heteroatoms. The predicted octanol–water partition coefficient (Wildman–Crippen LogP) is -2.36. The van der Waals surface area contributed by atoms with Crippen molar-refractivity contribution < 1.29 is 70.8 Å². The Hall–Kier alpha value is 0.736. The van der Waals surface area contributed by atoms with Crippen LogP contribution in [0.25, 0.3) is 0 Å². The van der Waals surface area contributed by atoms with Gasteiger partial charge in [0.05, 0.1) is 6.61 Å². The van der Waals surface area contributed by atoms with Crippen LogP contribution in [-0.4, -0.2) is 26.5 Å². The Balaban J connectivity index is -0.000000529. The van der Waals surface area contributed by atoms with Crippen molar-refractivity contribution in [2.45, 2.75) is 33.6 Å². The van der Waals surface area contributed by atoms with Crippen LogP contribution in [0.3, 0.4) is 0 Å². The summed E-state index contributed by atoms with van der Waals surface area (Å²) in [6.45, 7) is 8.45. The average molecular weight is 256 g/mol. The minimum atomic E-state index is -0.952. The van der Waals surface area contributed by atoms with Crippen molar-refractivity contribution in [1.82, 2.24) is 0 Å². The molecule has 1 atom stereocenters. The zero-order valence-electron chi connectivity index (χ0n) is 11.0. The second-order valence-electron chi connectivity index (χ2n) is 4.23. The molecule has 0 heterocycles. The molecule has 16 heavy (non-hydrogen) atoms. The van der Waals surface area contributed by atoms with E-state index < -0.39 is 5.97 Å². The number of carbonyl (C=O) groups is 2. The number of carboxylic acid groups (broad SMARTS) is 1. The van der Waals surface area contributed by atoms with Crippen LogP contribution in [0.15, 0.2) is 0 Å². The Morgan fingerprint density at radius 3 is 2.12 bits per heavy atom. The molecule has 0 bridgehead atoms. The van der Waals surface area contributed by atoms with Crippen LogP contribution in [0.2, 0.25) is 0 Å². The molecule has 0 amide bonds. The van der Waals surface area contributed by atoms with Crippen LogP contribution in [-0.2, 0) is 14.3 Å². The van der Waals surface area contributed by atoms with Crippen LogP contribution in [0.4, 0.5) is 0 Å². The van der Waals surface area contributed by atoms with E-state index in [1.54, 1.807) is 7.11 Å². The van der Waals surface area contributed by atoms with E-state index >= 15 is 0 Å². The second kappa shape index (κ2) is 12.2. The third kappa shape index (κ3) is 11.2. The molecule has 90 valence electrons. The van der Waals surface area contributed by atoms with E-state index in [0.717, 1.165) is 0 Å². The molecule has 0 aliphatic carbocycles. The number of carbonyl (C=O) groups excluding carboxylic acids is 2. The van der Waals surface area contributed by atoms with Gasteiger partial charge in [-0.1, -0.05) is 20.8 Å². The van der Waals surface area contributed by atoms with Crippen LogP contribution >= 0.6 is 0 Å². The topological polar surface area (TPSA) is 66.4 Å². The van der Waals surface area contributed by atoms with E-state index in [1.807, 2.05) is 27.6 Å². The first kappa shape index (κ1) is 22.0. The summed E-state index contributed by atoms with van der Waals surface area (Å²) in [6.07, 6.45) is 1.23. The molecule has 1 unspecified atom stereocenters. The van der Waals surface area contributed by atoms with Crippen LogP contribution < -0.4 is 56.5 Å². The first-order valence-electron chi connectivity index (χ1n) is 4.91. The summed E-state index contributed by atoms with van der Waals surface area (Å²) in [7, 11) is 1.63. The average Bonchev–Trinajstić information content (AvgIpc) is 2.17. The van der Waals surface area contributed by atoms with Gasteiger partial charge in [-0.25, -0.2) is 0 Å². The Bertz CT molecular complexity index is 183. The van der Waals surface area contributed by atoms with Crippen molar-refractivity contribution in [1.29, 1.82) is 0 Å². The van der Waals surface area contributed by atoms with Crippen LogP contribution in [0.1, 0.15) is 33.6 Å². The van der Waals surface area contributed by atoms with Gasteiger partial charge in [-0.2, -0.15) is 0 Å². The van der Waals surface area contributed by atoms with Gasteiger partial charge in [0.2, 0.25) is 0 Å². The first-order valence-corrected chi connectivity index (χ1v) is 4.91. The van der Waals surface area contributed by atoms with Crippen molar-refractivity contribution in [3.63, 3.8) is 0 Å². The van der Waals surface area contributed by atoms with E-state index in [-0.39, 0.29) is 62.7 Å². The van der Waals surface area contributed by atoms with Gasteiger partial charge in [0.25, 0.3) is 0 Å². The molecule has 0 saturated carbocycles. The van der Waals surface area contributed by atoms with Gasteiger partial charge in [0.1, 0.15) is 6.79 Å². The van der Waals surface area contributed by atoms with E-state index in [1.165, 1.54) is 0 Å². The number of ether oxygens (including phenoxy) is 1. The molecule has 4 nitrogen and oxygen atoms in total. The van der Waals surface area contributed by atoms with Crippen molar-refractivity contribution in [3.8, 4) is 0 Å². The SMILES string of the molecule is C=O.CCC(CC(C)(C)COC)C(=O)[O-].[K+]. The van der Waals surface area contributed by atoms with Crippen LogP contribution in [0, 0.1) is 11.3 Å². The Morgan fingerprint density at radius 1 is 1.44 bits per heavy atom. The smallest absolute Gasteiger partial charge is 0.550 e. The summed E-state index contributed by atoms with van der Waals surface area (Å²) >= 11 is 0. The van der Waals surface area contributed by atoms with Crippen LogP contribution in [0.5, 0.6) is 0 Å². The van der Waals surface area contributed by atoms with Crippen molar-refractivity contribution in [2.24, 2.45) is 11.3 Å². The molecular weight excluding hydrogens is 235 g/mol. The molecule has 0 radical (unpaired) electrons. The maximum atomic E-state index is 10.7. The number of aliphatic carboxylic acids is 1. The third-order valence-electron chi connectivity index (χ3n) is 2.16. The number of hydrogen-bond acceptors (Lipinski definition) is 4. The molecule has 0 aromatic carbocycles. The maximum absolute atomic E-state index is 10.7. The van der Waals surface area contributed by atoms with E-state index in [4.69, 9.17) is 9.53 Å². The summed E-state index contributed by atoms with van der Waals surface area (Å²) in [4.78, 5) is 18.7. The predicted molar refractivity (Wildman–Crippen MR) is 56.2 cm³/mol. The molecule has 0 rings (SSSR count).